The van der Waals surface area contributed by atoms with Crippen molar-refractivity contribution in [2.45, 2.75) is 26.7 Å². The highest BCUT2D eigenvalue weighted by atomic mass is 16.6. The number of nitrogens with one attached hydrogen (secondary N) is 1. The van der Waals surface area contributed by atoms with Crippen LogP contribution in [0.5, 0.6) is 0 Å². The maximum atomic E-state index is 5.01. The summed E-state index contributed by atoms with van der Waals surface area (Å²) in [6, 6.07) is 2.14. The molecule has 1 heterocycles. The van der Waals surface area contributed by atoms with Gasteiger partial charge < -0.3 is 9.82 Å². The summed E-state index contributed by atoms with van der Waals surface area (Å²) in [5.41, 5.74) is 3.68. The number of H-pyrrole nitrogens is 1. The summed E-state index contributed by atoms with van der Waals surface area (Å²) in [6.45, 7) is 6.78. The molecule has 3 heteroatoms. The van der Waals surface area contributed by atoms with E-state index in [1.165, 1.54) is 17.0 Å². The molecule has 68 valence electrons. The lowest BCUT2D eigenvalue weighted by Gasteiger charge is -2.08. The van der Waals surface area contributed by atoms with Crippen LogP contribution in [0.4, 0.5) is 0 Å². The standard InChI is InChI=1S/C9H16N2O/c1-6(5-12-10)9-4-7(2)11-8(9)3/h4,6,11H,5,10H2,1-3H3. The van der Waals surface area contributed by atoms with Gasteiger partial charge in [0.25, 0.3) is 0 Å². The minimum absolute atomic E-state index is 0.361. The molecule has 0 bridgehead atoms. The molecule has 1 aromatic rings. The van der Waals surface area contributed by atoms with Gasteiger partial charge in [-0.2, -0.15) is 0 Å². The Morgan fingerprint density at radius 1 is 1.58 bits per heavy atom. The maximum absolute atomic E-state index is 5.01. The summed E-state index contributed by atoms with van der Waals surface area (Å²) in [7, 11) is 0. The first-order chi connectivity index (χ1) is 5.65. The molecule has 0 fully saturated rings. The van der Waals surface area contributed by atoms with Crippen LogP contribution in [0.15, 0.2) is 6.07 Å². The van der Waals surface area contributed by atoms with Crippen LogP contribution >= 0.6 is 0 Å². The van der Waals surface area contributed by atoms with E-state index in [1.807, 2.05) is 6.92 Å². The second-order valence-electron chi connectivity index (χ2n) is 3.27. The molecule has 1 unspecified atom stereocenters. The highest BCUT2D eigenvalue weighted by molar-refractivity contribution is 5.27. The zero-order chi connectivity index (χ0) is 9.14. The van der Waals surface area contributed by atoms with Gasteiger partial charge in [0.15, 0.2) is 0 Å². The normalized spacial score (nSPS) is 13.3. The fourth-order valence-corrected chi connectivity index (χ4v) is 1.49. The van der Waals surface area contributed by atoms with E-state index in [4.69, 9.17) is 5.90 Å². The molecule has 0 aromatic carbocycles. The van der Waals surface area contributed by atoms with E-state index in [-0.39, 0.29) is 0 Å². The number of hydrogen-bond acceptors (Lipinski definition) is 2. The van der Waals surface area contributed by atoms with Gasteiger partial charge >= 0.3 is 0 Å². The van der Waals surface area contributed by atoms with Crippen LogP contribution in [-0.2, 0) is 4.84 Å². The Morgan fingerprint density at radius 3 is 2.67 bits per heavy atom. The Bertz CT molecular complexity index is 255. The number of aryl methyl sites for hydroxylation is 2. The van der Waals surface area contributed by atoms with Gasteiger partial charge in [0.2, 0.25) is 0 Å². The Labute approximate surface area is 72.9 Å². The predicted octanol–water partition coefficient (Wildman–Crippen LogP) is 1.63. The Hall–Kier alpha value is -0.800. The van der Waals surface area contributed by atoms with E-state index in [0.29, 0.717) is 12.5 Å². The van der Waals surface area contributed by atoms with Gasteiger partial charge in [-0.25, -0.2) is 5.90 Å². The quantitative estimate of drug-likeness (QED) is 0.674. The molecule has 3 N–H and O–H groups in total. The molecular formula is C9H16N2O. The first kappa shape index (κ1) is 9.29. The lowest BCUT2D eigenvalue weighted by molar-refractivity contribution is 0.126. The number of rotatable bonds is 3. The van der Waals surface area contributed by atoms with Crippen molar-refractivity contribution in [3.05, 3.63) is 23.0 Å². The van der Waals surface area contributed by atoms with Gasteiger partial charge in [-0.1, -0.05) is 6.92 Å². The molecule has 1 rings (SSSR count). The SMILES string of the molecule is Cc1cc(C(C)CON)c(C)[nH]1. The van der Waals surface area contributed by atoms with Crippen molar-refractivity contribution in [1.82, 2.24) is 4.98 Å². The summed E-state index contributed by atoms with van der Waals surface area (Å²) in [6.07, 6.45) is 0. The molecule has 0 aliphatic carbocycles. The molecule has 0 aliphatic rings. The van der Waals surface area contributed by atoms with Gasteiger partial charge in [-0.3, -0.25) is 0 Å². The van der Waals surface area contributed by atoms with Crippen LogP contribution in [0.1, 0.15) is 29.8 Å². The summed E-state index contributed by atoms with van der Waals surface area (Å²) >= 11 is 0. The summed E-state index contributed by atoms with van der Waals surface area (Å²) in [5, 5.41) is 0. The van der Waals surface area contributed by atoms with E-state index < -0.39 is 0 Å². The molecule has 12 heavy (non-hydrogen) atoms. The molecule has 3 nitrogen and oxygen atoms in total. The molecule has 1 atom stereocenters. The molecule has 0 spiro atoms. The molecule has 1 aromatic heterocycles. The molecular weight excluding hydrogens is 152 g/mol. The molecule has 0 aliphatic heterocycles. The zero-order valence-electron chi connectivity index (χ0n) is 7.85. The minimum Gasteiger partial charge on any atom is -0.362 e. The largest absolute Gasteiger partial charge is 0.362 e. The Morgan fingerprint density at radius 2 is 2.25 bits per heavy atom. The fourth-order valence-electron chi connectivity index (χ4n) is 1.49. The third-order valence-electron chi connectivity index (χ3n) is 2.07. The minimum atomic E-state index is 0.361. The molecule has 0 saturated heterocycles. The van der Waals surface area contributed by atoms with Crippen LogP contribution in [0.3, 0.4) is 0 Å². The van der Waals surface area contributed by atoms with E-state index >= 15 is 0 Å². The fraction of sp³-hybridized carbons (Fsp3) is 0.556. The lowest BCUT2D eigenvalue weighted by Crippen LogP contribution is -2.08. The van der Waals surface area contributed by atoms with Crippen molar-refractivity contribution < 1.29 is 4.84 Å². The Balaban J connectivity index is 2.79. The molecule has 0 amide bonds. The van der Waals surface area contributed by atoms with Crippen LogP contribution < -0.4 is 5.90 Å². The van der Waals surface area contributed by atoms with Crippen molar-refractivity contribution in [1.29, 1.82) is 0 Å². The van der Waals surface area contributed by atoms with Crippen LogP contribution in [-0.4, -0.2) is 11.6 Å². The third kappa shape index (κ3) is 1.87. The number of aromatic amines is 1. The number of nitrogens with two attached hydrogens (primary N) is 1. The van der Waals surface area contributed by atoms with Crippen molar-refractivity contribution in [2.75, 3.05) is 6.61 Å². The average molecular weight is 168 g/mol. The van der Waals surface area contributed by atoms with Gasteiger partial charge in [-0.15, -0.1) is 0 Å². The van der Waals surface area contributed by atoms with Gasteiger partial charge in [0.05, 0.1) is 6.61 Å². The topological polar surface area (TPSA) is 51.0 Å². The first-order valence-electron chi connectivity index (χ1n) is 4.13. The molecule has 0 radical (unpaired) electrons. The average Bonchev–Trinajstić information content (AvgIpc) is 2.30. The maximum Gasteiger partial charge on any atom is 0.0745 e. The highest BCUT2D eigenvalue weighted by Gasteiger charge is 2.09. The van der Waals surface area contributed by atoms with Crippen LogP contribution in [0, 0.1) is 13.8 Å². The van der Waals surface area contributed by atoms with E-state index in [0.717, 1.165) is 0 Å². The van der Waals surface area contributed by atoms with Gasteiger partial charge in [0, 0.05) is 17.3 Å². The third-order valence-corrected chi connectivity index (χ3v) is 2.07. The van der Waals surface area contributed by atoms with E-state index in [1.54, 1.807) is 0 Å². The Kier molecular flexibility index (Phi) is 2.89. The zero-order valence-corrected chi connectivity index (χ0v) is 7.85. The van der Waals surface area contributed by atoms with E-state index in [9.17, 15) is 0 Å². The van der Waals surface area contributed by atoms with Crippen molar-refractivity contribution in [3.63, 3.8) is 0 Å². The van der Waals surface area contributed by atoms with Crippen molar-refractivity contribution in [3.8, 4) is 0 Å². The molecule has 0 saturated carbocycles. The van der Waals surface area contributed by atoms with Gasteiger partial charge in [-0.05, 0) is 25.5 Å². The number of aromatic nitrogens is 1. The summed E-state index contributed by atoms with van der Waals surface area (Å²) < 4.78 is 0. The number of hydrogen-bond donors (Lipinski definition) is 2. The second kappa shape index (κ2) is 3.74. The summed E-state index contributed by atoms with van der Waals surface area (Å²) in [4.78, 5) is 7.86. The van der Waals surface area contributed by atoms with Crippen molar-refractivity contribution in [2.24, 2.45) is 5.90 Å². The lowest BCUT2D eigenvalue weighted by atomic mass is 10.0. The smallest absolute Gasteiger partial charge is 0.0745 e. The predicted molar refractivity (Wildman–Crippen MR) is 48.8 cm³/mol. The summed E-state index contributed by atoms with van der Waals surface area (Å²) in [5.74, 6) is 5.37. The van der Waals surface area contributed by atoms with Crippen LogP contribution in [0.2, 0.25) is 0 Å². The monoisotopic (exact) mass is 168 g/mol. The van der Waals surface area contributed by atoms with Crippen molar-refractivity contribution >= 4 is 0 Å². The van der Waals surface area contributed by atoms with Crippen LogP contribution in [0.25, 0.3) is 0 Å². The van der Waals surface area contributed by atoms with Gasteiger partial charge in [0.1, 0.15) is 0 Å². The second-order valence-corrected chi connectivity index (χ2v) is 3.27. The first-order valence-corrected chi connectivity index (χ1v) is 4.13. The highest BCUT2D eigenvalue weighted by Crippen LogP contribution is 2.19. The van der Waals surface area contributed by atoms with E-state index in [2.05, 4.69) is 29.7 Å².